The number of aliphatic hydroxyl groups excluding tert-OH is 1. The second-order valence-corrected chi connectivity index (χ2v) is 5.77. The van der Waals surface area contributed by atoms with Gasteiger partial charge in [0.15, 0.2) is 0 Å². The maximum Gasteiger partial charge on any atom is 0.299 e. The monoisotopic (exact) mass is 288 g/mol. The number of Topliss-reactive ketones (excluding diaryl/α,β-unsaturated/α-hetero) is 1. The zero-order chi connectivity index (χ0) is 15.0. The van der Waals surface area contributed by atoms with E-state index in [-0.39, 0.29) is 12.6 Å². The molecule has 2 aliphatic heterocycles. The molecule has 0 bridgehead atoms. The molecule has 1 amide bonds. The van der Waals surface area contributed by atoms with Crippen molar-refractivity contribution in [2.24, 2.45) is 0 Å². The minimum absolute atomic E-state index is 0.115. The molecule has 112 valence electrons. The zero-order valence-electron chi connectivity index (χ0n) is 12.2. The van der Waals surface area contributed by atoms with Crippen LogP contribution < -0.4 is 9.80 Å². The van der Waals surface area contributed by atoms with Crippen LogP contribution in [-0.4, -0.2) is 43.0 Å². The first-order valence-corrected chi connectivity index (χ1v) is 7.47. The lowest BCUT2D eigenvalue weighted by molar-refractivity contribution is -0.114. The van der Waals surface area contributed by atoms with E-state index in [9.17, 15) is 14.7 Å². The molecular weight excluding hydrogens is 268 g/mol. The topological polar surface area (TPSA) is 60.9 Å². The highest BCUT2D eigenvalue weighted by atomic mass is 16.3. The van der Waals surface area contributed by atoms with Gasteiger partial charge < -0.3 is 14.9 Å². The van der Waals surface area contributed by atoms with Crippen molar-refractivity contribution in [2.75, 3.05) is 30.0 Å². The largest absolute Gasteiger partial charge is 0.394 e. The van der Waals surface area contributed by atoms with Crippen molar-refractivity contribution in [2.45, 2.75) is 31.7 Å². The van der Waals surface area contributed by atoms with Crippen molar-refractivity contribution < 1.29 is 14.7 Å². The first-order chi connectivity index (χ1) is 10.1. The molecule has 3 rings (SSSR count). The highest BCUT2D eigenvalue weighted by molar-refractivity contribution is 6.52. The Hall–Kier alpha value is -1.88. The summed E-state index contributed by atoms with van der Waals surface area (Å²) >= 11 is 0. The Morgan fingerprint density at radius 1 is 1.24 bits per heavy atom. The summed E-state index contributed by atoms with van der Waals surface area (Å²) in [5, 5.41) is 9.62. The fourth-order valence-corrected chi connectivity index (χ4v) is 3.25. The van der Waals surface area contributed by atoms with Crippen LogP contribution in [0.5, 0.6) is 0 Å². The Bertz CT molecular complexity index is 585. The third-order valence-corrected chi connectivity index (χ3v) is 4.51. The highest BCUT2D eigenvalue weighted by Crippen LogP contribution is 2.33. The van der Waals surface area contributed by atoms with E-state index in [4.69, 9.17) is 0 Å². The van der Waals surface area contributed by atoms with E-state index in [0.29, 0.717) is 11.3 Å². The van der Waals surface area contributed by atoms with E-state index in [1.54, 1.807) is 13.1 Å². The van der Waals surface area contributed by atoms with Crippen LogP contribution in [0.3, 0.4) is 0 Å². The molecule has 0 radical (unpaired) electrons. The predicted molar refractivity (Wildman–Crippen MR) is 80.9 cm³/mol. The van der Waals surface area contributed by atoms with Gasteiger partial charge in [0, 0.05) is 19.3 Å². The maximum atomic E-state index is 11.8. The van der Waals surface area contributed by atoms with Crippen LogP contribution in [0.4, 0.5) is 11.4 Å². The van der Waals surface area contributed by atoms with Crippen LogP contribution in [-0.2, 0) is 4.79 Å². The number of ketones is 1. The van der Waals surface area contributed by atoms with Crippen molar-refractivity contribution in [1.29, 1.82) is 0 Å². The Morgan fingerprint density at radius 3 is 2.81 bits per heavy atom. The predicted octanol–water partition coefficient (Wildman–Crippen LogP) is 1.59. The molecule has 1 atom stereocenters. The average Bonchev–Trinajstić information content (AvgIpc) is 2.70. The minimum atomic E-state index is -0.475. The van der Waals surface area contributed by atoms with Gasteiger partial charge in [-0.3, -0.25) is 9.59 Å². The molecule has 21 heavy (non-hydrogen) atoms. The molecule has 1 aromatic rings. The molecule has 0 saturated carbocycles. The lowest BCUT2D eigenvalue weighted by Crippen LogP contribution is -2.37. The second kappa shape index (κ2) is 5.48. The van der Waals surface area contributed by atoms with E-state index >= 15 is 0 Å². The molecular formula is C16H20N2O3. The van der Waals surface area contributed by atoms with E-state index in [2.05, 4.69) is 4.90 Å². The number of amides is 1. The van der Waals surface area contributed by atoms with Crippen LogP contribution in [0.15, 0.2) is 18.2 Å². The molecule has 1 N–H and O–H groups in total. The number of carbonyl (C=O) groups excluding carboxylic acids is 2. The average molecular weight is 288 g/mol. The Labute approximate surface area is 124 Å². The molecule has 5 heteroatoms. The SMILES string of the molecule is CN1C(=O)C(=O)c2ccc(N3CCCCCC3CO)cc21. The molecule has 1 fully saturated rings. The third kappa shape index (κ3) is 2.31. The van der Waals surface area contributed by atoms with Gasteiger partial charge >= 0.3 is 0 Å². The number of hydrogen-bond donors (Lipinski definition) is 1. The van der Waals surface area contributed by atoms with Gasteiger partial charge in [0.2, 0.25) is 0 Å². The van der Waals surface area contributed by atoms with Gasteiger partial charge in [-0.25, -0.2) is 0 Å². The number of anilines is 2. The molecule has 2 aliphatic rings. The van der Waals surface area contributed by atoms with Gasteiger partial charge in [-0.15, -0.1) is 0 Å². The number of benzene rings is 1. The van der Waals surface area contributed by atoms with Crippen LogP contribution in [0.2, 0.25) is 0 Å². The minimum Gasteiger partial charge on any atom is -0.394 e. The van der Waals surface area contributed by atoms with E-state index in [1.807, 2.05) is 12.1 Å². The number of carbonyl (C=O) groups is 2. The molecule has 5 nitrogen and oxygen atoms in total. The molecule has 2 heterocycles. The number of aliphatic hydroxyl groups is 1. The van der Waals surface area contributed by atoms with Crippen LogP contribution in [0.25, 0.3) is 0 Å². The molecule has 0 aliphatic carbocycles. The fourth-order valence-electron chi connectivity index (χ4n) is 3.25. The fraction of sp³-hybridized carbons (Fsp3) is 0.500. The number of fused-ring (bicyclic) bond motifs is 1. The van der Waals surface area contributed by atoms with Crippen LogP contribution in [0.1, 0.15) is 36.0 Å². The van der Waals surface area contributed by atoms with Gasteiger partial charge in [-0.1, -0.05) is 12.8 Å². The van der Waals surface area contributed by atoms with Crippen molar-refractivity contribution in [3.8, 4) is 0 Å². The normalized spacial score (nSPS) is 22.5. The molecule has 1 aromatic carbocycles. The van der Waals surface area contributed by atoms with Gasteiger partial charge in [-0.05, 0) is 31.0 Å². The first kappa shape index (κ1) is 14.1. The summed E-state index contributed by atoms with van der Waals surface area (Å²) in [6.07, 6.45) is 4.38. The standard InChI is InChI=1S/C16H20N2O3/c1-17-14-9-11(6-7-13(14)15(20)16(17)21)18-8-4-2-3-5-12(18)10-19/h6-7,9,12,19H,2-5,8,10H2,1H3. The first-order valence-electron chi connectivity index (χ1n) is 7.47. The van der Waals surface area contributed by atoms with Gasteiger partial charge in [-0.2, -0.15) is 0 Å². The summed E-state index contributed by atoms with van der Waals surface area (Å²) in [6, 6.07) is 5.63. The summed E-state index contributed by atoms with van der Waals surface area (Å²) < 4.78 is 0. The summed E-state index contributed by atoms with van der Waals surface area (Å²) in [7, 11) is 1.63. The van der Waals surface area contributed by atoms with Crippen LogP contribution >= 0.6 is 0 Å². The molecule has 0 spiro atoms. The maximum absolute atomic E-state index is 11.8. The summed E-state index contributed by atoms with van der Waals surface area (Å²) in [4.78, 5) is 27.2. The number of nitrogens with zero attached hydrogens (tertiary/aromatic N) is 2. The quantitative estimate of drug-likeness (QED) is 0.840. The van der Waals surface area contributed by atoms with Gasteiger partial charge in [0.25, 0.3) is 11.7 Å². The molecule has 1 unspecified atom stereocenters. The zero-order valence-corrected chi connectivity index (χ0v) is 12.2. The lowest BCUT2D eigenvalue weighted by Gasteiger charge is -2.31. The van der Waals surface area contributed by atoms with Crippen molar-refractivity contribution in [1.82, 2.24) is 0 Å². The number of hydrogen-bond acceptors (Lipinski definition) is 4. The van der Waals surface area contributed by atoms with Crippen LogP contribution in [0, 0.1) is 0 Å². The van der Waals surface area contributed by atoms with Crippen molar-refractivity contribution in [3.63, 3.8) is 0 Å². The lowest BCUT2D eigenvalue weighted by atomic mass is 10.1. The third-order valence-electron chi connectivity index (χ3n) is 4.51. The molecule has 1 saturated heterocycles. The summed E-state index contributed by atoms with van der Waals surface area (Å²) in [5.41, 5.74) is 2.12. The van der Waals surface area contributed by atoms with Gasteiger partial charge in [0.1, 0.15) is 0 Å². The Kier molecular flexibility index (Phi) is 3.68. The second-order valence-electron chi connectivity index (χ2n) is 5.77. The number of rotatable bonds is 2. The summed E-state index contributed by atoms with van der Waals surface area (Å²) in [5.74, 6) is -0.912. The molecule has 0 aromatic heterocycles. The smallest absolute Gasteiger partial charge is 0.299 e. The van der Waals surface area contributed by atoms with Gasteiger partial charge in [0.05, 0.1) is 23.9 Å². The van der Waals surface area contributed by atoms with Crippen molar-refractivity contribution >= 4 is 23.1 Å². The Morgan fingerprint density at radius 2 is 2.05 bits per heavy atom. The number of likely N-dealkylation sites (N-methyl/N-ethyl adjacent to an activating group) is 1. The van der Waals surface area contributed by atoms with E-state index in [1.165, 1.54) is 11.3 Å². The van der Waals surface area contributed by atoms with E-state index < -0.39 is 11.7 Å². The van der Waals surface area contributed by atoms with E-state index in [0.717, 1.165) is 31.5 Å². The summed E-state index contributed by atoms with van der Waals surface area (Å²) in [6.45, 7) is 1.03. The Balaban J connectivity index is 1.97. The highest BCUT2D eigenvalue weighted by Gasteiger charge is 2.34. The van der Waals surface area contributed by atoms with Crippen molar-refractivity contribution in [3.05, 3.63) is 23.8 Å².